The molecule has 2 heterocycles. The lowest BCUT2D eigenvalue weighted by Gasteiger charge is -2.17. The normalized spacial score (nSPS) is 22.5. The number of nitrogens with one attached hydrogen (secondary N) is 3. The molecule has 0 saturated carbocycles. The van der Waals surface area contributed by atoms with Crippen LogP contribution in [-0.4, -0.2) is 18.4 Å². The summed E-state index contributed by atoms with van der Waals surface area (Å²) in [6.07, 6.45) is 1.32. The number of carbonyl (C=O) groups is 1. The largest absolute Gasteiger partial charge is 0.350 e. The highest BCUT2D eigenvalue weighted by Crippen LogP contribution is 2.16. The Labute approximate surface area is 86.7 Å². The van der Waals surface area contributed by atoms with Gasteiger partial charge in [-0.3, -0.25) is 10.2 Å². The third-order valence-electron chi connectivity index (χ3n) is 2.06. The molecule has 2 rings (SSSR count). The first-order valence-corrected chi connectivity index (χ1v) is 4.68. The Bertz CT molecular complexity index is 369. The van der Waals surface area contributed by atoms with Gasteiger partial charge in [-0.1, -0.05) is 19.1 Å². The standard InChI is InChI=1S/C8H12N6O/c1-4(2)8(15)11-6-5-7(10-3-9-6)13-14-12-5/h3-4,7H,1-2H3,(H,9,10)(H,11,15)(H,12,13). The topological polar surface area (TPSA) is 90.2 Å². The van der Waals surface area contributed by atoms with Crippen molar-refractivity contribution < 1.29 is 4.79 Å². The molecule has 0 aromatic carbocycles. The summed E-state index contributed by atoms with van der Waals surface area (Å²) in [5, 5.41) is 13.1. The summed E-state index contributed by atoms with van der Waals surface area (Å²) >= 11 is 0. The fourth-order valence-electron chi connectivity index (χ4n) is 1.16. The highest BCUT2D eigenvalue weighted by atomic mass is 16.1. The quantitative estimate of drug-likeness (QED) is 0.589. The third-order valence-corrected chi connectivity index (χ3v) is 2.06. The van der Waals surface area contributed by atoms with Crippen molar-refractivity contribution in [1.29, 1.82) is 0 Å². The van der Waals surface area contributed by atoms with Crippen molar-refractivity contribution >= 4 is 12.2 Å². The van der Waals surface area contributed by atoms with Gasteiger partial charge in [0.1, 0.15) is 0 Å². The number of carbonyl (C=O) groups excluding carboxylic acids is 1. The van der Waals surface area contributed by atoms with E-state index in [0.717, 1.165) is 0 Å². The van der Waals surface area contributed by atoms with E-state index in [1.54, 1.807) is 0 Å². The van der Waals surface area contributed by atoms with Crippen LogP contribution in [0.2, 0.25) is 0 Å². The van der Waals surface area contributed by atoms with E-state index in [-0.39, 0.29) is 18.0 Å². The van der Waals surface area contributed by atoms with Gasteiger partial charge in [-0.15, -0.1) is 5.11 Å². The lowest BCUT2D eigenvalue weighted by Crippen LogP contribution is -2.41. The molecule has 1 atom stereocenters. The van der Waals surface area contributed by atoms with Gasteiger partial charge < -0.3 is 10.6 Å². The second kappa shape index (κ2) is 3.68. The number of rotatable bonds is 2. The molecule has 15 heavy (non-hydrogen) atoms. The first-order valence-electron chi connectivity index (χ1n) is 4.68. The SMILES string of the molecule is CC(C)C(=O)NC1=C2N=NNC2NC=N1. The molecular weight excluding hydrogens is 196 g/mol. The fraction of sp³-hybridized carbons (Fsp3) is 0.500. The molecule has 0 aliphatic carbocycles. The van der Waals surface area contributed by atoms with E-state index in [2.05, 4.69) is 31.4 Å². The average Bonchev–Trinajstić information content (AvgIpc) is 2.66. The van der Waals surface area contributed by atoms with Gasteiger partial charge in [-0.05, 0) is 0 Å². The van der Waals surface area contributed by atoms with Crippen molar-refractivity contribution in [2.75, 3.05) is 0 Å². The summed E-state index contributed by atoms with van der Waals surface area (Å²) in [6, 6.07) is 0. The van der Waals surface area contributed by atoms with Gasteiger partial charge in [0.05, 0.1) is 6.34 Å². The Balaban J connectivity index is 2.17. The van der Waals surface area contributed by atoms with Crippen LogP contribution in [0, 0.1) is 5.92 Å². The van der Waals surface area contributed by atoms with Crippen molar-refractivity contribution in [2.24, 2.45) is 21.2 Å². The maximum Gasteiger partial charge on any atom is 0.228 e. The zero-order chi connectivity index (χ0) is 10.8. The second-order valence-electron chi connectivity index (χ2n) is 3.56. The molecule has 80 valence electrons. The van der Waals surface area contributed by atoms with E-state index in [1.807, 2.05) is 13.8 Å². The maximum atomic E-state index is 11.5. The Morgan fingerprint density at radius 2 is 2.40 bits per heavy atom. The lowest BCUT2D eigenvalue weighted by molar-refractivity contribution is -0.123. The van der Waals surface area contributed by atoms with Crippen molar-refractivity contribution in [2.45, 2.75) is 20.0 Å². The Morgan fingerprint density at radius 1 is 1.60 bits per heavy atom. The number of aliphatic imine (C=N–C) groups is 1. The summed E-state index contributed by atoms with van der Waals surface area (Å²) in [5.74, 6) is 0.275. The van der Waals surface area contributed by atoms with Gasteiger partial charge >= 0.3 is 0 Å². The molecule has 2 aliphatic rings. The number of hydrogen-bond donors (Lipinski definition) is 3. The first-order chi connectivity index (χ1) is 7.18. The van der Waals surface area contributed by atoms with Crippen LogP contribution in [0.5, 0.6) is 0 Å². The van der Waals surface area contributed by atoms with Gasteiger partial charge in [0.2, 0.25) is 5.91 Å². The molecule has 0 aromatic heterocycles. The minimum atomic E-state index is -0.190. The molecule has 1 unspecified atom stereocenters. The zero-order valence-electron chi connectivity index (χ0n) is 8.48. The zero-order valence-corrected chi connectivity index (χ0v) is 8.48. The van der Waals surface area contributed by atoms with Crippen LogP contribution < -0.4 is 16.1 Å². The van der Waals surface area contributed by atoms with Crippen LogP contribution in [0.15, 0.2) is 26.8 Å². The number of amides is 1. The number of nitrogens with zero attached hydrogens (tertiary/aromatic N) is 3. The Hall–Kier alpha value is -1.92. The molecule has 0 fully saturated rings. The molecule has 0 saturated heterocycles. The number of fused-ring (bicyclic) bond motifs is 1. The third kappa shape index (κ3) is 1.80. The van der Waals surface area contributed by atoms with Crippen molar-refractivity contribution in [1.82, 2.24) is 16.1 Å². The summed E-state index contributed by atoms with van der Waals surface area (Å²) in [7, 11) is 0. The van der Waals surface area contributed by atoms with Gasteiger partial charge in [0, 0.05) is 5.92 Å². The first kappa shape index (κ1) is 9.63. The van der Waals surface area contributed by atoms with Gasteiger partial charge in [-0.25, -0.2) is 4.99 Å². The van der Waals surface area contributed by atoms with Crippen molar-refractivity contribution in [3.05, 3.63) is 11.5 Å². The van der Waals surface area contributed by atoms with Crippen LogP contribution in [-0.2, 0) is 4.79 Å². The number of hydrogen-bond acceptors (Lipinski definition) is 6. The van der Waals surface area contributed by atoms with Crippen molar-refractivity contribution in [3.63, 3.8) is 0 Å². The summed E-state index contributed by atoms with van der Waals surface area (Å²) < 4.78 is 0. The molecular formula is C8H12N6O. The molecule has 2 aliphatic heterocycles. The van der Waals surface area contributed by atoms with E-state index >= 15 is 0 Å². The predicted molar refractivity (Wildman–Crippen MR) is 53.4 cm³/mol. The molecule has 7 nitrogen and oxygen atoms in total. The molecule has 7 heteroatoms. The molecule has 0 spiro atoms. The fourth-order valence-corrected chi connectivity index (χ4v) is 1.16. The average molecular weight is 208 g/mol. The summed E-state index contributed by atoms with van der Waals surface area (Å²) in [4.78, 5) is 15.5. The van der Waals surface area contributed by atoms with Crippen LogP contribution >= 0.6 is 0 Å². The van der Waals surface area contributed by atoms with E-state index in [9.17, 15) is 4.79 Å². The Kier molecular flexibility index (Phi) is 2.36. The van der Waals surface area contributed by atoms with Gasteiger partial charge in [-0.2, -0.15) is 0 Å². The van der Waals surface area contributed by atoms with E-state index in [4.69, 9.17) is 0 Å². The van der Waals surface area contributed by atoms with Crippen molar-refractivity contribution in [3.8, 4) is 0 Å². The second-order valence-corrected chi connectivity index (χ2v) is 3.56. The maximum absolute atomic E-state index is 11.5. The minimum Gasteiger partial charge on any atom is -0.350 e. The predicted octanol–water partition coefficient (Wildman–Crippen LogP) is -0.144. The summed E-state index contributed by atoms with van der Waals surface area (Å²) in [5.41, 5.74) is 3.34. The van der Waals surface area contributed by atoms with Crippen LogP contribution in [0.1, 0.15) is 13.8 Å². The Morgan fingerprint density at radius 3 is 3.13 bits per heavy atom. The van der Waals surface area contributed by atoms with E-state index in [1.165, 1.54) is 6.34 Å². The monoisotopic (exact) mass is 208 g/mol. The van der Waals surface area contributed by atoms with E-state index < -0.39 is 0 Å². The van der Waals surface area contributed by atoms with Gasteiger partial charge in [0.15, 0.2) is 17.7 Å². The van der Waals surface area contributed by atoms with E-state index in [0.29, 0.717) is 11.5 Å². The highest BCUT2D eigenvalue weighted by Gasteiger charge is 2.26. The summed E-state index contributed by atoms with van der Waals surface area (Å²) in [6.45, 7) is 3.63. The van der Waals surface area contributed by atoms with Crippen LogP contribution in [0.3, 0.4) is 0 Å². The highest BCUT2D eigenvalue weighted by molar-refractivity contribution is 5.80. The van der Waals surface area contributed by atoms with Gasteiger partial charge in [0.25, 0.3) is 0 Å². The molecule has 0 bridgehead atoms. The van der Waals surface area contributed by atoms with Crippen LogP contribution in [0.4, 0.5) is 0 Å². The molecule has 1 amide bonds. The molecule has 0 radical (unpaired) electrons. The lowest BCUT2D eigenvalue weighted by atomic mass is 10.2. The molecule has 3 N–H and O–H groups in total. The smallest absolute Gasteiger partial charge is 0.228 e. The molecule has 0 aromatic rings. The minimum absolute atomic E-state index is 0.0857. The van der Waals surface area contributed by atoms with Crippen LogP contribution in [0.25, 0.3) is 0 Å².